The van der Waals surface area contributed by atoms with Crippen molar-refractivity contribution in [3.8, 4) is 0 Å². The maximum atomic E-state index is 5.98. The van der Waals surface area contributed by atoms with Crippen LogP contribution in [-0.2, 0) is 14.2 Å². The predicted octanol–water partition coefficient (Wildman–Crippen LogP) is 2.76. The molecule has 3 unspecified atom stereocenters. The SMILES string of the molecule is CCNC(=NCC1CCOC1c1ccccc1)NCCCOCC1CCOC1. The van der Waals surface area contributed by atoms with Crippen LogP contribution in [0.4, 0.5) is 0 Å². The van der Waals surface area contributed by atoms with E-state index in [1.807, 2.05) is 6.07 Å². The molecular formula is C22H35N3O3. The Bertz CT molecular complexity index is 576. The Hall–Kier alpha value is -1.63. The molecule has 0 saturated carbocycles. The van der Waals surface area contributed by atoms with E-state index in [9.17, 15) is 0 Å². The summed E-state index contributed by atoms with van der Waals surface area (Å²) in [6, 6.07) is 10.5. The summed E-state index contributed by atoms with van der Waals surface area (Å²) in [7, 11) is 0. The first-order valence-electron chi connectivity index (χ1n) is 10.7. The molecule has 6 heteroatoms. The van der Waals surface area contributed by atoms with Crippen LogP contribution in [0, 0.1) is 11.8 Å². The van der Waals surface area contributed by atoms with E-state index in [4.69, 9.17) is 19.2 Å². The van der Waals surface area contributed by atoms with E-state index in [0.29, 0.717) is 11.8 Å². The van der Waals surface area contributed by atoms with Crippen LogP contribution in [0.5, 0.6) is 0 Å². The second kappa shape index (κ2) is 12.0. The molecule has 0 radical (unpaired) electrons. The van der Waals surface area contributed by atoms with Crippen molar-refractivity contribution in [2.45, 2.75) is 32.3 Å². The summed E-state index contributed by atoms with van der Waals surface area (Å²) in [6.45, 7) is 8.71. The molecule has 3 atom stereocenters. The second-order valence-electron chi connectivity index (χ2n) is 7.56. The first-order valence-corrected chi connectivity index (χ1v) is 10.7. The number of nitrogens with zero attached hydrogens (tertiary/aromatic N) is 1. The molecule has 0 spiro atoms. The van der Waals surface area contributed by atoms with Gasteiger partial charge in [0.25, 0.3) is 0 Å². The summed E-state index contributed by atoms with van der Waals surface area (Å²) in [5.74, 6) is 1.89. The highest BCUT2D eigenvalue weighted by Crippen LogP contribution is 2.34. The van der Waals surface area contributed by atoms with Gasteiger partial charge in [-0.2, -0.15) is 0 Å². The third kappa shape index (κ3) is 6.76. The van der Waals surface area contributed by atoms with Gasteiger partial charge >= 0.3 is 0 Å². The zero-order chi connectivity index (χ0) is 19.4. The van der Waals surface area contributed by atoms with Gasteiger partial charge < -0.3 is 24.8 Å². The maximum Gasteiger partial charge on any atom is 0.191 e. The summed E-state index contributed by atoms with van der Waals surface area (Å²) < 4.78 is 17.1. The van der Waals surface area contributed by atoms with Gasteiger partial charge in [0.05, 0.1) is 19.3 Å². The first kappa shape index (κ1) is 21.1. The molecule has 1 aromatic carbocycles. The Kier molecular flexibility index (Phi) is 9.07. The highest BCUT2D eigenvalue weighted by Gasteiger charge is 2.29. The second-order valence-corrected chi connectivity index (χ2v) is 7.56. The third-order valence-electron chi connectivity index (χ3n) is 5.31. The van der Waals surface area contributed by atoms with Gasteiger partial charge in [-0.15, -0.1) is 0 Å². The van der Waals surface area contributed by atoms with Crippen LogP contribution in [0.25, 0.3) is 0 Å². The van der Waals surface area contributed by atoms with Crippen molar-refractivity contribution in [2.24, 2.45) is 16.8 Å². The van der Waals surface area contributed by atoms with E-state index in [1.54, 1.807) is 0 Å². The van der Waals surface area contributed by atoms with Gasteiger partial charge in [-0.1, -0.05) is 30.3 Å². The van der Waals surface area contributed by atoms with E-state index >= 15 is 0 Å². The van der Waals surface area contributed by atoms with Crippen molar-refractivity contribution in [2.75, 3.05) is 52.7 Å². The molecule has 0 amide bonds. The number of rotatable bonds is 10. The van der Waals surface area contributed by atoms with Crippen molar-refractivity contribution in [3.05, 3.63) is 35.9 Å². The molecule has 0 aromatic heterocycles. The summed E-state index contributed by atoms with van der Waals surface area (Å²) in [5, 5.41) is 6.76. The van der Waals surface area contributed by atoms with Crippen LogP contribution in [0.1, 0.15) is 37.9 Å². The van der Waals surface area contributed by atoms with Crippen molar-refractivity contribution >= 4 is 5.96 Å². The predicted molar refractivity (Wildman–Crippen MR) is 112 cm³/mol. The minimum Gasteiger partial charge on any atom is -0.381 e. The van der Waals surface area contributed by atoms with Crippen LogP contribution >= 0.6 is 0 Å². The smallest absolute Gasteiger partial charge is 0.191 e. The zero-order valence-corrected chi connectivity index (χ0v) is 17.1. The Morgan fingerprint density at radius 1 is 1.18 bits per heavy atom. The average Bonchev–Trinajstić information content (AvgIpc) is 3.41. The molecule has 0 aliphatic carbocycles. The Morgan fingerprint density at radius 2 is 2.07 bits per heavy atom. The maximum absolute atomic E-state index is 5.98. The molecule has 2 saturated heterocycles. The number of aliphatic imine (C=N–C) groups is 1. The summed E-state index contributed by atoms with van der Waals surface area (Å²) in [6.07, 6.45) is 3.31. The highest BCUT2D eigenvalue weighted by molar-refractivity contribution is 5.79. The number of hydrogen-bond acceptors (Lipinski definition) is 4. The molecule has 2 N–H and O–H groups in total. The number of hydrogen-bond donors (Lipinski definition) is 2. The average molecular weight is 390 g/mol. The third-order valence-corrected chi connectivity index (χ3v) is 5.31. The number of nitrogens with one attached hydrogen (secondary N) is 2. The molecule has 1 aromatic rings. The zero-order valence-electron chi connectivity index (χ0n) is 17.1. The lowest BCUT2D eigenvalue weighted by Gasteiger charge is -2.18. The normalized spacial score (nSPS) is 25.2. The van der Waals surface area contributed by atoms with Crippen LogP contribution in [-0.4, -0.2) is 58.6 Å². The Morgan fingerprint density at radius 3 is 2.86 bits per heavy atom. The standard InChI is InChI=1S/C22H35N3O3/c1-2-23-22(24-11-6-12-26-16-18-9-13-27-17-18)25-15-20-10-14-28-21(20)19-7-4-3-5-8-19/h3-5,7-8,18,20-21H,2,6,9-17H2,1H3,(H2,23,24,25). The number of benzene rings is 1. The van der Waals surface area contributed by atoms with Gasteiger partial charge in [0, 0.05) is 51.3 Å². The van der Waals surface area contributed by atoms with Crippen molar-refractivity contribution in [1.29, 1.82) is 0 Å². The topological polar surface area (TPSA) is 64.1 Å². The molecule has 156 valence electrons. The molecule has 6 nitrogen and oxygen atoms in total. The van der Waals surface area contributed by atoms with E-state index < -0.39 is 0 Å². The largest absolute Gasteiger partial charge is 0.381 e. The summed E-state index contributed by atoms with van der Waals surface area (Å²) in [5.41, 5.74) is 1.25. The fourth-order valence-corrected chi connectivity index (χ4v) is 3.73. The van der Waals surface area contributed by atoms with Crippen LogP contribution in [0.2, 0.25) is 0 Å². The van der Waals surface area contributed by atoms with Gasteiger partial charge in [0.2, 0.25) is 0 Å². The van der Waals surface area contributed by atoms with Gasteiger partial charge in [0.1, 0.15) is 0 Å². The molecule has 2 fully saturated rings. The minimum absolute atomic E-state index is 0.154. The van der Waals surface area contributed by atoms with Crippen LogP contribution in [0.3, 0.4) is 0 Å². The molecule has 2 aliphatic heterocycles. The number of ether oxygens (including phenoxy) is 3. The lowest BCUT2D eigenvalue weighted by molar-refractivity contribution is 0.0888. The summed E-state index contributed by atoms with van der Waals surface area (Å²) in [4.78, 5) is 4.81. The van der Waals surface area contributed by atoms with Gasteiger partial charge in [-0.25, -0.2) is 0 Å². The van der Waals surface area contributed by atoms with E-state index in [2.05, 4.69) is 41.8 Å². The summed E-state index contributed by atoms with van der Waals surface area (Å²) >= 11 is 0. The Labute approximate surface area is 169 Å². The molecule has 0 bridgehead atoms. The van der Waals surface area contributed by atoms with Crippen molar-refractivity contribution in [3.63, 3.8) is 0 Å². The molecule has 2 heterocycles. The van der Waals surface area contributed by atoms with E-state index in [1.165, 1.54) is 5.56 Å². The van der Waals surface area contributed by atoms with Gasteiger partial charge in [-0.3, -0.25) is 4.99 Å². The highest BCUT2D eigenvalue weighted by atomic mass is 16.5. The van der Waals surface area contributed by atoms with E-state index in [-0.39, 0.29) is 6.10 Å². The molecule has 28 heavy (non-hydrogen) atoms. The van der Waals surface area contributed by atoms with Crippen molar-refractivity contribution in [1.82, 2.24) is 10.6 Å². The van der Waals surface area contributed by atoms with Crippen molar-refractivity contribution < 1.29 is 14.2 Å². The molecule has 2 aliphatic rings. The van der Waals surface area contributed by atoms with Gasteiger partial charge in [-0.05, 0) is 31.7 Å². The lowest BCUT2D eigenvalue weighted by Crippen LogP contribution is -2.38. The Balaban J connectivity index is 1.38. The van der Waals surface area contributed by atoms with Crippen LogP contribution < -0.4 is 10.6 Å². The first-order chi connectivity index (χ1) is 13.9. The van der Waals surface area contributed by atoms with E-state index in [0.717, 1.165) is 77.9 Å². The fourth-order valence-electron chi connectivity index (χ4n) is 3.73. The lowest BCUT2D eigenvalue weighted by atomic mass is 9.95. The molecule has 3 rings (SSSR count). The van der Waals surface area contributed by atoms with Crippen LogP contribution in [0.15, 0.2) is 35.3 Å². The minimum atomic E-state index is 0.154. The number of guanidine groups is 1. The fraction of sp³-hybridized carbons (Fsp3) is 0.682. The monoisotopic (exact) mass is 389 g/mol. The molecular weight excluding hydrogens is 354 g/mol. The quantitative estimate of drug-likeness (QED) is 0.366. The van der Waals surface area contributed by atoms with Gasteiger partial charge in [0.15, 0.2) is 5.96 Å².